The lowest BCUT2D eigenvalue weighted by Crippen LogP contribution is -2.20. The van der Waals surface area contributed by atoms with E-state index < -0.39 is 5.97 Å². The summed E-state index contributed by atoms with van der Waals surface area (Å²) in [6, 6.07) is 5.08. The number of benzene rings is 1. The summed E-state index contributed by atoms with van der Waals surface area (Å²) in [4.78, 5) is 27.9. The standard InChI is InChI=1S/C14H14N2O3S/c1-3-16-7-6-15-12(13(16)17)20-10-5-4-9(2)11(8-10)14(18)19/h4-8H,3H2,1-2H3,(H,18,19). The van der Waals surface area contributed by atoms with Crippen LogP contribution in [0.2, 0.25) is 0 Å². The van der Waals surface area contributed by atoms with Crippen LogP contribution < -0.4 is 5.56 Å². The summed E-state index contributed by atoms with van der Waals surface area (Å²) in [5.74, 6) is -0.975. The molecule has 6 heteroatoms. The van der Waals surface area contributed by atoms with Crippen molar-refractivity contribution in [2.45, 2.75) is 30.3 Å². The van der Waals surface area contributed by atoms with Crippen LogP contribution in [0.3, 0.4) is 0 Å². The molecule has 0 saturated carbocycles. The van der Waals surface area contributed by atoms with Crippen LogP contribution in [0.1, 0.15) is 22.8 Å². The lowest BCUT2D eigenvalue weighted by molar-refractivity contribution is 0.0696. The average molecular weight is 290 g/mol. The normalized spacial score (nSPS) is 10.5. The fraction of sp³-hybridized carbons (Fsp3) is 0.214. The number of hydrogen-bond acceptors (Lipinski definition) is 4. The first kappa shape index (κ1) is 14.3. The molecule has 1 aromatic carbocycles. The molecule has 0 fully saturated rings. The Kier molecular flexibility index (Phi) is 4.24. The molecule has 0 unspecified atom stereocenters. The van der Waals surface area contributed by atoms with Gasteiger partial charge in [0.25, 0.3) is 5.56 Å². The van der Waals surface area contributed by atoms with Crippen molar-refractivity contribution in [2.24, 2.45) is 0 Å². The van der Waals surface area contributed by atoms with E-state index >= 15 is 0 Å². The lowest BCUT2D eigenvalue weighted by atomic mass is 10.1. The minimum absolute atomic E-state index is 0.169. The van der Waals surface area contributed by atoms with E-state index in [1.807, 2.05) is 6.92 Å². The Bertz CT molecular complexity index is 710. The van der Waals surface area contributed by atoms with E-state index in [1.165, 1.54) is 11.8 Å². The minimum atomic E-state index is -0.975. The Labute approximate surface area is 120 Å². The van der Waals surface area contributed by atoms with Crippen LogP contribution >= 0.6 is 11.8 Å². The third-order valence-corrected chi connectivity index (χ3v) is 3.84. The van der Waals surface area contributed by atoms with Gasteiger partial charge < -0.3 is 9.67 Å². The van der Waals surface area contributed by atoms with E-state index in [-0.39, 0.29) is 11.1 Å². The maximum atomic E-state index is 12.1. The van der Waals surface area contributed by atoms with Crippen LogP contribution in [0.15, 0.2) is 45.3 Å². The van der Waals surface area contributed by atoms with Gasteiger partial charge in [0.15, 0.2) is 5.03 Å². The summed E-state index contributed by atoms with van der Waals surface area (Å²) in [7, 11) is 0. The molecule has 0 radical (unpaired) electrons. The van der Waals surface area contributed by atoms with Crippen molar-refractivity contribution in [1.82, 2.24) is 9.55 Å². The van der Waals surface area contributed by atoms with Gasteiger partial charge in [-0.25, -0.2) is 9.78 Å². The number of carbonyl (C=O) groups is 1. The first-order valence-corrected chi connectivity index (χ1v) is 6.91. The van der Waals surface area contributed by atoms with Gasteiger partial charge in [-0.15, -0.1) is 0 Å². The minimum Gasteiger partial charge on any atom is -0.478 e. The maximum Gasteiger partial charge on any atom is 0.335 e. The fourth-order valence-electron chi connectivity index (χ4n) is 1.75. The zero-order chi connectivity index (χ0) is 14.7. The van der Waals surface area contributed by atoms with Gasteiger partial charge >= 0.3 is 5.97 Å². The molecular weight excluding hydrogens is 276 g/mol. The average Bonchev–Trinajstić information content (AvgIpc) is 2.43. The van der Waals surface area contributed by atoms with Gasteiger partial charge in [0.1, 0.15) is 0 Å². The SMILES string of the molecule is CCn1ccnc(Sc2ccc(C)c(C(=O)O)c2)c1=O. The molecule has 2 rings (SSSR count). The molecule has 104 valence electrons. The molecule has 1 N–H and O–H groups in total. The second-order valence-corrected chi connectivity index (χ2v) is 5.27. The quantitative estimate of drug-likeness (QED) is 0.936. The Morgan fingerprint density at radius 3 is 2.85 bits per heavy atom. The smallest absolute Gasteiger partial charge is 0.335 e. The highest BCUT2D eigenvalue weighted by atomic mass is 32.2. The monoisotopic (exact) mass is 290 g/mol. The molecule has 0 saturated heterocycles. The Balaban J connectivity index is 2.38. The number of nitrogens with zero attached hydrogens (tertiary/aromatic N) is 2. The molecule has 2 aromatic rings. The summed E-state index contributed by atoms with van der Waals surface area (Å²) >= 11 is 1.18. The topological polar surface area (TPSA) is 72.2 Å². The van der Waals surface area contributed by atoms with E-state index in [0.717, 1.165) is 0 Å². The highest BCUT2D eigenvalue weighted by Crippen LogP contribution is 2.25. The number of aromatic carboxylic acids is 1. The Morgan fingerprint density at radius 1 is 1.45 bits per heavy atom. The van der Waals surface area contributed by atoms with Gasteiger partial charge in [0.2, 0.25) is 0 Å². The molecule has 0 bridgehead atoms. The van der Waals surface area contributed by atoms with E-state index in [9.17, 15) is 9.59 Å². The van der Waals surface area contributed by atoms with E-state index in [0.29, 0.717) is 22.0 Å². The highest BCUT2D eigenvalue weighted by molar-refractivity contribution is 7.99. The molecule has 0 spiro atoms. The third-order valence-electron chi connectivity index (χ3n) is 2.88. The van der Waals surface area contributed by atoms with Crippen LogP contribution in [0.4, 0.5) is 0 Å². The number of hydrogen-bond donors (Lipinski definition) is 1. The second kappa shape index (κ2) is 5.92. The van der Waals surface area contributed by atoms with Crippen molar-refractivity contribution < 1.29 is 9.90 Å². The first-order chi connectivity index (χ1) is 9.52. The number of aromatic nitrogens is 2. The van der Waals surface area contributed by atoms with Gasteiger partial charge in [0, 0.05) is 23.8 Å². The van der Waals surface area contributed by atoms with Crippen LogP contribution in [0.25, 0.3) is 0 Å². The summed E-state index contributed by atoms with van der Waals surface area (Å²) in [6.45, 7) is 4.19. The highest BCUT2D eigenvalue weighted by Gasteiger charge is 2.11. The molecule has 0 aliphatic rings. The van der Waals surface area contributed by atoms with Crippen molar-refractivity contribution in [2.75, 3.05) is 0 Å². The molecule has 20 heavy (non-hydrogen) atoms. The molecule has 0 aliphatic heterocycles. The van der Waals surface area contributed by atoms with Crippen molar-refractivity contribution in [3.63, 3.8) is 0 Å². The van der Waals surface area contributed by atoms with Gasteiger partial charge in [-0.2, -0.15) is 0 Å². The van der Waals surface area contributed by atoms with Crippen molar-refractivity contribution >= 4 is 17.7 Å². The van der Waals surface area contributed by atoms with Crippen molar-refractivity contribution in [1.29, 1.82) is 0 Å². The summed E-state index contributed by atoms with van der Waals surface area (Å²) < 4.78 is 1.56. The first-order valence-electron chi connectivity index (χ1n) is 6.10. The van der Waals surface area contributed by atoms with Gasteiger partial charge in [-0.3, -0.25) is 4.79 Å². The lowest BCUT2D eigenvalue weighted by Gasteiger charge is -2.06. The number of rotatable bonds is 4. The van der Waals surface area contributed by atoms with Crippen LogP contribution in [-0.4, -0.2) is 20.6 Å². The van der Waals surface area contributed by atoms with Crippen LogP contribution in [-0.2, 0) is 6.54 Å². The molecule has 1 heterocycles. The Morgan fingerprint density at radius 2 is 2.20 bits per heavy atom. The predicted molar refractivity (Wildman–Crippen MR) is 76.4 cm³/mol. The van der Waals surface area contributed by atoms with Crippen LogP contribution in [0, 0.1) is 6.92 Å². The molecule has 1 aromatic heterocycles. The number of carboxylic acids is 1. The molecule has 0 aliphatic carbocycles. The Hall–Kier alpha value is -2.08. The zero-order valence-corrected chi connectivity index (χ0v) is 12.0. The summed E-state index contributed by atoms with van der Waals surface area (Å²) in [5, 5.41) is 9.44. The number of carboxylic acid groups (broad SMARTS) is 1. The van der Waals surface area contributed by atoms with Gasteiger partial charge in [-0.05, 0) is 31.5 Å². The molecule has 0 atom stereocenters. The zero-order valence-electron chi connectivity index (χ0n) is 11.2. The third kappa shape index (κ3) is 2.91. The molecular formula is C14H14N2O3S. The van der Waals surface area contributed by atoms with E-state index in [2.05, 4.69) is 4.98 Å². The number of aryl methyl sites for hydroxylation is 2. The largest absolute Gasteiger partial charge is 0.478 e. The maximum absolute atomic E-state index is 12.1. The van der Waals surface area contributed by atoms with E-state index in [4.69, 9.17) is 5.11 Å². The fourth-order valence-corrected chi connectivity index (χ4v) is 2.61. The van der Waals surface area contributed by atoms with Gasteiger partial charge in [-0.1, -0.05) is 17.8 Å². The van der Waals surface area contributed by atoms with Crippen molar-refractivity contribution in [3.8, 4) is 0 Å². The predicted octanol–water partition coefficient (Wildman–Crippen LogP) is 2.42. The van der Waals surface area contributed by atoms with Gasteiger partial charge in [0.05, 0.1) is 5.56 Å². The van der Waals surface area contributed by atoms with E-state index in [1.54, 1.807) is 42.1 Å². The van der Waals surface area contributed by atoms with Crippen molar-refractivity contribution in [3.05, 3.63) is 52.1 Å². The molecule has 0 amide bonds. The van der Waals surface area contributed by atoms with Crippen LogP contribution in [0.5, 0.6) is 0 Å². The second-order valence-electron chi connectivity index (χ2n) is 4.21. The summed E-state index contributed by atoms with van der Waals surface area (Å²) in [6.07, 6.45) is 3.20. The molecule has 5 nitrogen and oxygen atoms in total. The summed E-state index contributed by atoms with van der Waals surface area (Å²) in [5.41, 5.74) is 0.757.